The number of halogens is 2. The lowest BCUT2D eigenvalue weighted by molar-refractivity contribution is -0.142. The number of alkyl halides is 2. The fourth-order valence-electron chi connectivity index (χ4n) is 7.59. The molecule has 0 bridgehead atoms. The first kappa shape index (κ1) is 45.5. The molecule has 2 saturated heterocycles. The van der Waals surface area contributed by atoms with Crippen molar-refractivity contribution in [3.05, 3.63) is 140 Å². The van der Waals surface area contributed by atoms with Crippen LogP contribution in [0.3, 0.4) is 0 Å². The number of carbonyl (C=O) groups excluding carboxylic acids is 2. The molecule has 0 amide bonds. The molecule has 4 aromatic rings. The summed E-state index contributed by atoms with van der Waals surface area (Å²) < 4.78 is 67.4. The Labute approximate surface area is 345 Å². The van der Waals surface area contributed by atoms with E-state index in [4.69, 9.17) is 33.2 Å². The minimum Gasteiger partial charge on any atom is -0.459 e. The van der Waals surface area contributed by atoms with E-state index in [1.54, 1.807) is 24.3 Å². The summed E-state index contributed by atoms with van der Waals surface area (Å²) in [5.41, 5.74) is 11.0. The van der Waals surface area contributed by atoms with Gasteiger partial charge in [0.15, 0.2) is 24.9 Å². The number of aliphatic hydroxyl groups is 1. The van der Waals surface area contributed by atoms with Gasteiger partial charge in [0.2, 0.25) is 0 Å². The van der Waals surface area contributed by atoms with E-state index in [9.17, 15) is 23.5 Å². The topological polar surface area (TPSA) is 119 Å². The van der Waals surface area contributed by atoms with Crippen molar-refractivity contribution in [2.24, 2.45) is 0 Å². The summed E-state index contributed by atoms with van der Waals surface area (Å²) in [6.45, 7) is 15.7. The van der Waals surface area contributed by atoms with Gasteiger partial charge in [-0.15, -0.1) is 0 Å². The van der Waals surface area contributed by atoms with Crippen LogP contribution in [0.4, 0.5) is 8.78 Å². The Bertz CT molecular complexity index is 1990. The molecule has 0 saturated carbocycles. The van der Waals surface area contributed by atoms with Gasteiger partial charge >= 0.3 is 11.9 Å². The molecule has 8 atom stereocenters. The third-order valence-electron chi connectivity index (χ3n) is 9.87. The predicted octanol–water partition coefficient (Wildman–Crippen LogP) is 8.09. The van der Waals surface area contributed by atoms with Crippen molar-refractivity contribution in [2.75, 3.05) is 20.3 Å². The van der Waals surface area contributed by atoms with Crippen molar-refractivity contribution in [3.63, 3.8) is 0 Å². The largest absolute Gasteiger partial charge is 0.459 e. The van der Waals surface area contributed by atoms with Gasteiger partial charge in [0.1, 0.15) is 37.6 Å². The molecule has 318 valence electrons. The Morgan fingerprint density at radius 1 is 0.542 bits per heavy atom. The van der Waals surface area contributed by atoms with Gasteiger partial charge in [-0.3, -0.25) is 0 Å². The minimum absolute atomic E-state index is 0.121. The molecule has 12 heteroatoms. The van der Waals surface area contributed by atoms with Crippen LogP contribution in [0.15, 0.2) is 72.8 Å². The highest BCUT2D eigenvalue weighted by Gasteiger charge is 2.47. The predicted molar refractivity (Wildman–Crippen MR) is 218 cm³/mol. The summed E-state index contributed by atoms with van der Waals surface area (Å²) in [4.78, 5) is 24.8. The summed E-state index contributed by atoms with van der Waals surface area (Å²) in [7, 11) is 1.38. The molecule has 2 heterocycles. The zero-order valence-electron chi connectivity index (χ0n) is 35.3. The second-order valence-corrected chi connectivity index (χ2v) is 15.7. The van der Waals surface area contributed by atoms with E-state index >= 15 is 0 Å². The third-order valence-corrected chi connectivity index (χ3v) is 9.87. The fourth-order valence-corrected chi connectivity index (χ4v) is 7.59. The maximum atomic E-state index is 14.8. The average Bonchev–Trinajstić information content (AvgIpc) is 3.61. The second-order valence-electron chi connectivity index (χ2n) is 15.7. The smallest absolute Gasteiger partial charge is 0.338 e. The fraction of sp³-hybridized carbons (Fsp3) is 0.447. The highest BCUT2D eigenvalue weighted by atomic mass is 19.1. The second kappa shape index (κ2) is 20.6. The van der Waals surface area contributed by atoms with Crippen LogP contribution >= 0.6 is 0 Å². The highest BCUT2D eigenvalue weighted by molar-refractivity contribution is 5.90. The highest BCUT2D eigenvalue weighted by Crippen LogP contribution is 2.30. The number of benzene rings is 4. The average molecular weight is 819 g/mol. The van der Waals surface area contributed by atoms with Gasteiger partial charge in [-0.25, -0.2) is 18.4 Å². The quantitative estimate of drug-likeness (QED) is 0.133. The van der Waals surface area contributed by atoms with Crippen molar-refractivity contribution < 1.29 is 56.6 Å². The number of rotatable bonds is 13. The Morgan fingerprint density at radius 3 is 1.25 bits per heavy atom. The maximum Gasteiger partial charge on any atom is 0.338 e. The van der Waals surface area contributed by atoms with Gasteiger partial charge in [-0.2, -0.15) is 0 Å². The van der Waals surface area contributed by atoms with Crippen LogP contribution in [-0.4, -0.2) is 86.7 Å². The molecule has 2 fully saturated rings. The van der Waals surface area contributed by atoms with Crippen LogP contribution < -0.4 is 0 Å². The lowest BCUT2D eigenvalue weighted by Crippen LogP contribution is -2.35. The first-order chi connectivity index (χ1) is 28.0. The molecule has 0 spiro atoms. The van der Waals surface area contributed by atoms with Crippen LogP contribution in [0.2, 0.25) is 0 Å². The number of aliphatic hydroxyl groups excluding tert-OH is 1. The Hall–Kier alpha value is -4.56. The normalized spacial score (nSPS) is 23.7. The third kappa shape index (κ3) is 12.7. The van der Waals surface area contributed by atoms with E-state index < -0.39 is 61.3 Å². The Kier molecular flexibility index (Phi) is 15.9. The van der Waals surface area contributed by atoms with Crippen LogP contribution in [0.1, 0.15) is 76.4 Å². The molecular formula is C47H56F2O10. The summed E-state index contributed by atoms with van der Waals surface area (Å²) >= 11 is 0. The summed E-state index contributed by atoms with van der Waals surface area (Å²) in [6, 6.07) is 22.9. The number of methoxy groups -OCH3 is 1. The number of hydrogen-bond acceptors (Lipinski definition) is 10. The molecule has 0 aromatic heterocycles. The van der Waals surface area contributed by atoms with Crippen molar-refractivity contribution in [3.8, 4) is 0 Å². The SMILES string of the molecule is COC1O[C@H](COC(=O)c2cc(C)cc(C)c2)[C@@H](OCc2cc(C)cc(C)c2)[C@@H]1F.Cc1cc(C)cc(CO[C@H]2[C@H](F)C(O)O[C@@H]2COC(=O)c2cc(C)cc(C)c2)c1. The van der Waals surface area contributed by atoms with Crippen LogP contribution in [0.5, 0.6) is 0 Å². The zero-order valence-corrected chi connectivity index (χ0v) is 35.3. The number of ether oxygens (including phenoxy) is 7. The number of esters is 2. The van der Waals surface area contributed by atoms with E-state index in [-0.39, 0.29) is 26.4 Å². The van der Waals surface area contributed by atoms with Gasteiger partial charge in [0.05, 0.1) is 24.3 Å². The molecule has 4 aromatic carbocycles. The molecule has 1 N–H and O–H groups in total. The standard InChI is InChI=1S/C24H29FO5.C23H27FO5/c1-14-6-15(2)9-18(8-14)12-28-22-20(30-24(27-5)21(22)25)13-29-23(26)19-10-16(3)7-17(4)11-19;1-13-5-14(2)8-17(7-13)11-27-21-19(29-23(26)20(21)24)12-28-22(25)18-9-15(3)6-16(4)10-18/h6-11,20-22,24H,12-13H2,1-5H3;5-10,19-21,23,26H,11-12H2,1-4H3/t20-,21+,22-,24?;19-,20+,21-,23?/m11/s1. The van der Waals surface area contributed by atoms with E-state index in [0.29, 0.717) is 11.1 Å². The van der Waals surface area contributed by atoms with E-state index in [1.165, 1.54) is 7.11 Å². The molecular weight excluding hydrogens is 763 g/mol. The number of carbonyl (C=O) groups is 2. The summed E-state index contributed by atoms with van der Waals surface area (Å²) in [5, 5.41) is 9.76. The number of aryl methyl sites for hydroxylation is 8. The zero-order chi connectivity index (χ0) is 43.0. The molecule has 2 aliphatic rings. The first-order valence-corrected chi connectivity index (χ1v) is 19.7. The molecule has 59 heavy (non-hydrogen) atoms. The lowest BCUT2D eigenvalue weighted by Gasteiger charge is -2.20. The molecule has 10 nitrogen and oxygen atoms in total. The van der Waals surface area contributed by atoms with Crippen molar-refractivity contribution in [2.45, 2.75) is 118 Å². The molecule has 6 rings (SSSR count). The minimum atomic E-state index is -1.72. The Balaban J connectivity index is 0.000000224. The van der Waals surface area contributed by atoms with Crippen molar-refractivity contribution in [1.82, 2.24) is 0 Å². The van der Waals surface area contributed by atoms with E-state index in [0.717, 1.165) is 55.6 Å². The first-order valence-electron chi connectivity index (χ1n) is 19.7. The van der Waals surface area contributed by atoms with E-state index in [1.807, 2.05) is 97.9 Å². The lowest BCUT2D eigenvalue weighted by atomic mass is 10.1. The van der Waals surface area contributed by atoms with Gasteiger partial charge in [0.25, 0.3) is 0 Å². The van der Waals surface area contributed by atoms with Crippen molar-refractivity contribution >= 4 is 11.9 Å². The van der Waals surface area contributed by atoms with Gasteiger partial charge in [0, 0.05) is 7.11 Å². The molecule has 0 aliphatic carbocycles. The maximum absolute atomic E-state index is 14.8. The van der Waals surface area contributed by atoms with Crippen LogP contribution in [-0.2, 0) is 46.4 Å². The van der Waals surface area contributed by atoms with E-state index in [2.05, 4.69) is 6.07 Å². The Morgan fingerprint density at radius 2 is 0.881 bits per heavy atom. The molecule has 0 radical (unpaired) electrons. The number of hydrogen-bond donors (Lipinski definition) is 1. The van der Waals surface area contributed by atoms with Gasteiger partial charge in [-0.05, 0) is 90.8 Å². The van der Waals surface area contributed by atoms with Crippen molar-refractivity contribution in [1.29, 1.82) is 0 Å². The summed E-state index contributed by atoms with van der Waals surface area (Å²) in [5.74, 6) is -1.00. The molecule has 2 aliphatic heterocycles. The molecule has 2 unspecified atom stereocenters. The monoisotopic (exact) mass is 818 g/mol. The van der Waals surface area contributed by atoms with Gasteiger partial charge in [-0.1, -0.05) is 93.0 Å². The van der Waals surface area contributed by atoms with Crippen LogP contribution in [0.25, 0.3) is 0 Å². The van der Waals surface area contributed by atoms with Crippen LogP contribution in [0, 0.1) is 55.4 Å². The van der Waals surface area contributed by atoms with Gasteiger partial charge < -0.3 is 38.3 Å². The summed E-state index contributed by atoms with van der Waals surface area (Å²) in [6.07, 6.45) is -9.44.